The van der Waals surface area contributed by atoms with E-state index in [1.54, 1.807) is 19.9 Å². The van der Waals surface area contributed by atoms with Gasteiger partial charge in [0.05, 0.1) is 0 Å². The molecule has 0 aliphatic heterocycles. The molecule has 0 aliphatic carbocycles. The SMILES string of the molecule is CC(C)(c1ccc(O)c(O)c1)[C@](C)(N)C(=O)O. The van der Waals surface area contributed by atoms with E-state index >= 15 is 0 Å². The van der Waals surface area contributed by atoms with Crippen molar-refractivity contribution in [2.75, 3.05) is 0 Å². The predicted octanol–water partition coefficient (Wildman–Crippen LogP) is 1.18. The molecule has 0 saturated carbocycles. The van der Waals surface area contributed by atoms with Crippen molar-refractivity contribution in [3.05, 3.63) is 23.8 Å². The van der Waals surface area contributed by atoms with Crippen molar-refractivity contribution in [3.63, 3.8) is 0 Å². The molecule has 1 atom stereocenters. The molecule has 0 unspecified atom stereocenters. The first-order valence-corrected chi connectivity index (χ1v) is 5.15. The van der Waals surface area contributed by atoms with Crippen LogP contribution < -0.4 is 5.73 Å². The molecule has 1 aromatic rings. The number of carbonyl (C=O) groups is 1. The van der Waals surface area contributed by atoms with Crippen LogP contribution in [0.4, 0.5) is 0 Å². The van der Waals surface area contributed by atoms with E-state index < -0.39 is 16.9 Å². The molecule has 0 aliphatic rings. The molecule has 0 fully saturated rings. The highest BCUT2D eigenvalue weighted by Gasteiger charge is 2.45. The molecular weight excluding hydrogens is 222 g/mol. The molecule has 5 nitrogen and oxygen atoms in total. The first-order valence-electron chi connectivity index (χ1n) is 5.15. The summed E-state index contributed by atoms with van der Waals surface area (Å²) in [4.78, 5) is 11.2. The lowest BCUT2D eigenvalue weighted by Gasteiger charge is -2.38. The van der Waals surface area contributed by atoms with Crippen molar-refractivity contribution in [2.24, 2.45) is 5.73 Å². The number of nitrogens with two attached hydrogens (primary N) is 1. The molecular formula is C12H17NO4. The van der Waals surface area contributed by atoms with Gasteiger partial charge in [-0.2, -0.15) is 0 Å². The highest BCUT2D eigenvalue weighted by atomic mass is 16.4. The summed E-state index contributed by atoms with van der Waals surface area (Å²) >= 11 is 0. The number of carboxylic acid groups (broad SMARTS) is 1. The lowest BCUT2D eigenvalue weighted by Crippen LogP contribution is -2.58. The number of hydrogen-bond donors (Lipinski definition) is 4. The molecule has 0 saturated heterocycles. The van der Waals surface area contributed by atoms with Gasteiger partial charge < -0.3 is 21.1 Å². The number of aromatic hydroxyl groups is 2. The third-order valence-electron chi connectivity index (χ3n) is 3.44. The second-order valence-corrected chi connectivity index (χ2v) is 4.84. The van der Waals surface area contributed by atoms with Gasteiger partial charge in [0.25, 0.3) is 0 Å². The highest BCUT2D eigenvalue weighted by Crippen LogP contribution is 2.37. The van der Waals surface area contributed by atoms with Crippen molar-refractivity contribution in [3.8, 4) is 11.5 Å². The number of benzene rings is 1. The molecule has 1 rings (SSSR count). The molecule has 0 amide bonds. The normalized spacial score (nSPS) is 15.3. The Kier molecular flexibility index (Phi) is 3.07. The van der Waals surface area contributed by atoms with Crippen LogP contribution in [0.25, 0.3) is 0 Å². The van der Waals surface area contributed by atoms with Gasteiger partial charge in [0, 0.05) is 5.41 Å². The number of hydrogen-bond acceptors (Lipinski definition) is 4. The van der Waals surface area contributed by atoms with Crippen molar-refractivity contribution in [1.82, 2.24) is 0 Å². The average Bonchev–Trinajstić information content (AvgIpc) is 2.21. The zero-order valence-corrected chi connectivity index (χ0v) is 10.1. The van der Waals surface area contributed by atoms with Gasteiger partial charge in [0.2, 0.25) is 0 Å². The van der Waals surface area contributed by atoms with E-state index in [-0.39, 0.29) is 11.5 Å². The number of aliphatic carboxylic acids is 1. The van der Waals surface area contributed by atoms with Gasteiger partial charge in [0.15, 0.2) is 11.5 Å². The summed E-state index contributed by atoms with van der Waals surface area (Å²) in [6.07, 6.45) is 0. The summed E-state index contributed by atoms with van der Waals surface area (Å²) in [5, 5.41) is 27.8. The standard InChI is InChI=1S/C12H17NO4/c1-11(2,12(3,13)10(16)17)7-4-5-8(14)9(15)6-7/h4-6,14-15H,13H2,1-3H3,(H,16,17)/t12-/m1/s1. The first-order chi connectivity index (χ1) is 7.60. The smallest absolute Gasteiger partial charge is 0.324 e. The van der Waals surface area contributed by atoms with Crippen LogP contribution in [-0.4, -0.2) is 26.8 Å². The Morgan fingerprint density at radius 1 is 1.18 bits per heavy atom. The molecule has 0 bridgehead atoms. The van der Waals surface area contributed by atoms with Crippen LogP contribution in [-0.2, 0) is 10.2 Å². The number of rotatable bonds is 3. The van der Waals surface area contributed by atoms with Crippen LogP contribution in [0.15, 0.2) is 18.2 Å². The summed E-state index contributed by atoms with van der Waals surface area (Å²) in [6.45, 7) is 4.76. The van der Waals surface area contributed by atoms with E-state index in [1.165, 1.54) is 19.1 Å². The predicted molar refractivity (Wildman–Crippen MR) is 63.0 cm³/mol. The summed E-state index contributed by atoms with van der Waals surface area (Å²) in [5.41, 5.74) is 3.97. The van der Waals surface area contributed by atoms with Crippen molar-refractivity contribution in [1.29, 1.82) is 0 Å². The third-order valence-corrected chi connectivity index (χ3v) is 3.44. The van der Waals surface area contributed by atoms with E-state index in [0.29, 0.717) is 5.56 Å². The van der Waals surface area contributed by atoms with Crippen LogP contribution in [0.3, 0.4) is 0 Å². The fraction of sp³-hybridized carbons (Fsp3) is 0.417. The third kappa shape index (κ3) is 2.06. The Morgan fingerprint density at radius 3 is 2.12 bits per heavy atom. The quantitative estimate of drug-likeness (QED) is 0.593. The van der Waals surface area contributed by atoms with Gasteiger partial charge in [-0.05, 0) is 24.6 Å². The minimum atomic E-state index is -1.49. The van der Waals surface area contributed by atoms with Crippen LogP contribution in [0.1, 0.15) is 26.3 Å². The largest absolute Gasteiger partial charge is 0.504 e. The maximum Gasteiger partial charge on any atom is 0.324 e. The Balaban J connectivity index is 3.30. The fourth-order valence-electron chi connectivity index (χ4n) is 1.48. The minimum Gasteiger partial charge on any atom is -0.504 e. The van der Waals surface area contributed by atoms with E-state index in [4.69, 9.17) is 10.8 Å². The van der Waals surface area contributed by atoms with Gasteiger partial charge in [-0.3, -0.25) is 4.79 Å². The molecule has 0 spiro atoms. The number of carboxylic acids is 1. The zero-order chi connectivity index (χ0) is 13.4. The minimum absolute atomic E-state index is 0.251. The van der Waals surface area contributed by atoms with Gasteiger partial charge in [-0.25, -0.2) is 0 Å². The van der Waals surface area contributed by atoms with E-state index in [9.17, 15) is 15.0 Å². The molecule has 0 aromatic heterocycles. The lowest BCUT2D eigenvalue weighted by molar-refractivity contribution is -0.145. The zero-order valence-electron chi connectivity index (χ0n) is 10.1. The van der Waals surface area contributed by atoms with E-state index in [2.05, 4.69) is 0 Å². The molecule has 1 aromatic carbocycles. The second kappa shape index (κ2) is 3.92. The Bertz CT molecular complexity index is 452. The molecule has 94 valence electrons. The van der Waals surface area contributed by atoms with E-state index in [0.717, 1.165) is 0 Å². The van der Waals surface area contributed by atoms with Crippen molar-refractivity contribution < 1.29 is 20.1 Å². The number of phenolic OH excluding ortho intramolecular Hbond substituents is 2. The van der Waals surface area contributed by atoms with E-state index in [1.807, 2.05) is 0 Å². The summed E-state index contributed by atoms with van der Waals surface area (Å²) in [5.74, 6) is -1.68. The Labute approximate surface area is 99.5 Å². The molecule has 5 heteroatoms. The molecule has 0 radical (unpaired) electrons. The van der Waals surface area contributed by atoms with Gasteiger partial charge in [-0.1, -0.05) is 19.9 Å². The fourth-order valence-corrected chi connectivity index (χ4v) is 1.48. The van der Waals surface area contributed by atoms with Crippen LogP contribution in [0.2, 0.25) is 0 Å². The average molecular weight is 239 g/mol. The lowest BCUT2D eigenvalue weighted by atomic mass is 9.69. The summed E-state index contributed by atoms with van der Waals surface area (Å²) in [7, 11) is 0. The topological polar surface area (TPSA) is 104 Å². The second-order valence-electron chi connectivity index (χ2n) is 4.84. The first kappa shape index (κ1) is 13.3. The monoisotopic (exact) mass is 239 g/mol. The van der Waals surface area contributed by atoms with Crippen LogP contribution >= 0.6 is 0 Å². The Hall–Kier alpha value is -1.75. The van der Waals surface area contributed by atoms with Crippen molar-refractivity contribution >= 4 is 5.97 Å². The molecule has 5 N–H and O–H groups in total. The number of phenols is 2. The maximum atomic E-state index is 11.2. The van der Waals surface area contributed by atoms with Gasteiger partial charge in [0.1, 0.15) is 5.54 Å². The Morgan fingerprint density at radius 2 is 1.71 bits per heavy atom. The van der Waals surface area contributed by atoms with Crippen LogP contribution in [0.5, 0.6) is 11.5 Å². The highest BCUT2D eigenvalue weighted by molar-refractivity contribution is 5.80. The maximum absolute atomic E-state index is 11.2. The van der Waals surface area contributed by atoms with Crippen molar-refractivity contribution in [2.45, 2.75) is 31.7 Å². The molecule has 0 heterocycles. The van der Waals surface area contributed by atoms with Crippen LogP contribution in [0, 0.1) is 0 Å². The summed E-state index contributed by atoms with van der Waals surface area (Å²) in [6, 6.07) is 4.18. The van der Waals surface area contributed by atoms with Gasteiger partial charge in [-0.15, -0.1) is 0 Å². The van der Waals surface area contributed by atoms with Gasteiger partial charge >= 0.3 is 5.97 Å². The molecule has 17 heavy (non-hydrogen) atoms. The summed E-state index contributed by atoms with van der Waals surface area (Å²) < 4.78 is 0.